The smallest absolute Gasteiger partial charge is 0.181 e. The predicted octanol–water partition coefficient (Wildman–Crippen LogP) is 1.67. The third-order valence-corrected chi connectivity index (χ3v) is 2.59. The Morgan fingerprint density at radius 3 is 2.86 bits per heavy atom. The lowest BCUT2D eigenvalue weighted by Gasteiger charge is -2.24. The van der Waals surface area contributed by atoms with E-state index in [1.165, 1.54) is 6.39 Å². The van der Waals surface area contributed by atoms with Gasteiger partial charge in [-0.3, -0.25) is 0 Å². The first-order valence-electron chi connectivity index (χ1n) is 4.80. The quantitative estimate of drug-likeness (QED) is 0.781. The average molecular weight is 198 g/mol. The van der Waals surface area contributed by atoms with Crippen molar-refractivity contribution in [2.45, 2.75) is 32.4 Å². The standard InChI is InChI=1S/C10H18N2O2/c1-5-10(2,13-4)9-8(6-11-3)12-7-14-9/h7,11H,5-6H2,1-4H3. The lowest BCUT2D eigenvalue weighted by atomic mass is 9.98. The SMILES string of the molecule is CCC(C)(OC)c1ocnc1CNC. The maximum absolute atomic E-state index is 5.46. The number of rotatable bonds is 5. The molecule has 1 unspecified atom stereocenters. The molecule has 1 atom stereocenters. The molecule has 0 aromatic carbocycles. The Kier molecular flexibility index (Phi) is 3.66. The van der Waals surface area contributed by atoms with E-state index in [2.05, 4.69) is 17.2 Å². The molecule has 0 spiro atoms. The molecular formula is C10H18N2O2. The van der Waals surface area contributed by atoms with Gasteiger partial charge in [0.2, 0.25) is 0 Å². The predicted molar refractivity (Wildman–Crippen MR) is 53.9 cm³/mol. The highest BCUT2D eigenvalue weighted by Crippen LogP contribution is 2.30. The van der Waals surface area contributed by atoms with Crippen molar-refractivity contribution in [3.05, 3.63) is 17.8 Å². The monoisotopic (exact) mass is 198 g/mol. The fourth-order valence-corrected chi connectivity index (χ4v) is 1.39. The number of nitrogens with one attached hydrogen (secondary N) is 1. The summed E-state index contributed by atoms with van der Waals surface area (Å²) < 4.78 is 10.8. The van der Waals surface area contributed by atoms with Crippen LogP contribution in [-0.2, 0) is 16.9 Å². The van der Waals surface area contributed by atoms with E-state index >= 15 is 0 Å². The van der Waals surface area contributed by atoms with Gasteiger partial charge in [0.25, 0.3) is 0 Å². The highest BCUT2D eigenvalue weighted by Gasteiger charge is 2.30. The molecular weight excluding hydrogens is 180 g/mol. The molecule has 0 aliphatic heterocycles. The van der Waals surface area contributed by atoms with E-state index in [4.69, 9.17) is 9.15 Å². The van der Waals surface area contributed by atoms with E-state index in [9.17, 15) is 0 Å². The summed E-state index contributed by atoms with van der Waals surface area (Å²) in [5.41, 5.74) is 0.543. The van der Waals surface area contributed by atoms with Crippen LogP contribution in [0.25, 0.3) is 0 Å². The van der Waals surface area contributed by atoms with E-state index in [1.807, 2.05) is 14.0 Å². The number of ether oxygens (including phenoxy) is 1. The molecule has 1 N–H and O–H groups in total. The zero-order chi connectivity index (χ0) is 10.6. The highest BCUT2D eigenvalue weighted by molar-refractivity contribution is 5.15. The largest absolute Gasteiger partial charge is 0.445 e. The minimum atomic E-state index is -0.372. The third kappa shape index (κ3) is 1.96. The molecule has 1 heterocycles. The van der Waals surface area contributed by atoms with Gasteiger partial charge in [0.05, 0.1) is 5.69 Å². The Morgan fingerprint density at radius 2 is 2.36 bits per heavy atom. The normalized spacial score (nSPS) is 15.4. The fraction of sp³-hybridized carbons (Fsp3) is 0.700. The molecule has 1 aromatic rings. The lowest BCUT2D eigenvalue weighted by Crippen LogP contribution is -2.25. The first kappa shape index (κ1) is 11.2. The number of nitrogens with zero attached hydrogens (tertiary/aromatic N) is 1. The number of methoxy groups -OCH3 is 1. The minimum Gasteiger partial charge on any atom is -0.445 e. The summed E-state index contributed by atoms with van der Waals surface area (Å²) in [6, 6.07) is 0. The van der Waals surface area contributed by atoms with Crippen molar-refractivity contribution < 1.29 is 9.15 Å². The second-order valence-electron chi connectivity index (χ2n) is 3.45. The third-order valence-electron chi connectivity index (χ3n) is 2.59. The van der Waals surface area contributed by atoms with Gasteiger partial charge in [-0.15, -0.1) is 0 Å². The number of aromatic nitrogens is 1. The number of hydrogen-bond acceptors (Lipinski definition) is 4. The van der Waals surface area contributed by atoms with Crippen molar-refractivity contribution in [1.82, 2.24) is 10.3 Å². The van der Waals surface area contributed by atoms with Crippen molar-refractivity contribution in [2.75, 3.05) is 14.2 Å². The van der Waals surface area contributed by atoms with Crippen molar-refractivity contribution >= 4 is 0 Å². The van der Waals surface area contributed by atoms with Crippen LogP contribution in [0.2, 0.25) is 0 Å². The summed E-state index contributed by atoms with van der Waals surface area (Å²) in [4.78, 5) is 4.16. The molecule has 1 rings (SSSR count). The second-order valence-corrected chi connectivity index (χ2v) is 3.45. The van der Waals surface area contributed by atoms with Crippen LogP contribution in [0.15, 0.2) is 10.8 Å². The van der Waals surface area contributed by atoms with Crippen molar-refractivity contribution in [2.24, 2.45) is 0 Å². The van der Waals surface area contributed by atoms with E-state index in [1.54, 1.807) is 7.11 Å². The molecule has 0 amide bonds. The van der Waals surface area contributed by atoms with Gasteiger partial charge in [0.1, 0.15) is 5.60 Å². The molecule has 80 valence electrons. The Morgan fingerprint density at radius 1 is 1.64 bits per heavy atom. The van der Waals surface area contributed by atoms with Gasteiger partial charge in [-0.05, 0) is 20.4 Å². The second kappa shape index (κ2) is 4.57. The first-order valence-corrected chi connectivity index (χ1v) is 4.80. The molecule has 0 bridgehead atoms. The van der Waals surface area contributed by atoms with Crippen LogP contribution in [0.5, 0.6) is 0 Å². The van der Waals surface area contributed by atoms with E-state index < -0.39 is 0 Å². The van der Waals surface area contributed by atoms with Crippen LogP contribution < -0.4 is 5.32 Å². The maximum atomic E-state index is 5.46. The zero-order valence-electron chi connectivity index (χ0n) is 9.26. The molecule has 0 aliphatic rings. The van der Waals surface area contributed by atoms with Gasteiger partial charge in [-0.25, -0.2) is 4.98 Å². The van der Waals surface area contributed by atoms with Gasteiger partial charge < -0.3 is 14.5 Å². The average Bonchev–Trinajstić information content (AvgIpc) is 2.66. The van der Waals surface area contributed by atoms with Gasteiger partial charge >= 0.3 is 0 Å². The van der Waals surface area contributed by atoms with Crippen LogP contribution in [0.1, 0.15) is 31.7 Å². The molecule has 0 aliphatic carbocycles. The highest BCUT2D eigenvalue weighted by atomic mass is 16.5. The summed E-state index contributed by atoms with van der Waals surface area (Å²) in [5, 5.41) is 3.05. The number of hydrogen-bond donors (Lipinski definition) is 1. The fourth-order valence-electron chi connectivity index (χ4n) is 1.39. The minimum absolute atomic E-state index is 0.372. The summed E-state index contributed by atoms with van der Waals surface area (Å²) in [5.74, 6) is 0.817. The summed E-state index contributed by atoms with van der Waals surface area (Å²) >= 11 is 0. The van der Waals surface area contributed by atoms with E-state index in [0.717, 1.165) is 17.9 Å². The van der Waals surface area contributed by atoms with Gasteiger partial charge in [-0.2, -0.15) is 0 Å². The van der Waals surface area contributed by atoms with Gasteiger partial charge in [0.15, 0.2) is 12.2 Å². The molecule has 1 aromatic heterocycles. The summed E-state index contributed by atoms with van der Waals surface area (Å²) in [6.45, 7) is 4.77. The Hall–Kier alpha value is -0.870. The topological polar surface area (TPSA) is 47.3 Å². The molecule has 14 heavy (non-hydrogen) atoms. The van der Waals surface area contributed by atoms with Gasteiger partial charge in [-0.1, -0.05) is 6.92 Å². The summed E-state index contributed by atoms with van der Waals surface area (Å²) in [7, 11) is 3.57. The number of oxazole rings is 1. The molecule has 4 nitrogen and oxygen atoms in total. The van der Waals surface area contributed by atoms with Crippen LogP contribution in [-0.4, -0.2) is 19.1 Å². The van der Waals surface area contributed by atoms with E-state index in [0.29, 0.717) is 6.54 Å². The van der Waals surface area contributed by atoms with Crippen molar-refractivity contribution in [3.63, 3.8) is 0 Å². The Bertz CT molecular complexity index is 279. The molecule has 0 radical (unpaired) electrons. The Labute approximate surface area is 84.7 Å². The van der Waals surface area contributed by atoms with Crippen LogP contribution in [0, 0.1) is 0 Å². The van der Waals surface area contributed by atoms with E-state index in [-0.39, 0.29) is 5.60 Å². The molecule has 0 saturated heterocycles. The van der Waals surface area contributed by atoms with Crippen molar-refractivity contribution in [1.29, 1.82) is 0 Å². The Balaban J connectivity index is 2.97. The zero-order valence-corrected chi connectivity index (χ0v) is 9.26. The van der Waals surface area contributed by atoms with Crippen molar-refractivity contribution in [3.8, 4) is 0 Å². The van der Waals surface area contributed by atoms with Crippen LogP contribution in [0.4, 0.5) is 0 Å². The molecule has 4 heteroatoms. The summed E-state index contributed by atoms with van der Waals surface area (Å²) in [6.07, 6.45) is 2.32. The maximum Gasteiger partial charge on any atom is 0.181 e. The lowest BCUT2D eigenvalue weighted by molar-refractivity contribution is -0.0199. The van der Waals surface area contributed by atoms with Crippen LogP contribution >= 0.6 is 0 Å². The molecule has 0 fully saturated rings. The van der Waals surface area contributed by atoms with Crippen LogP contribution in [0.3, 0.4) is 0 Å². The van der Waals surface area contributed by atoms with Gasteiger partial charge in [0, 0.05) is 13.7 Å². The molecule has 0 saturated carbocycles. The first-order chi connectivity index (χ1) is 6.68.